The van der Waals surface area contributed by atoms with E-state index < -0.39 is 11.6 Å². The Bertz CT molecular complexity index is 349. The van der Waals surface area contributed by atoms with Crippen molar-refractivity contribution >= 4 is 5.69 Å². The lowest BCUT2D eigenvalue weighted by atomic mass is 10.0. The molecule has 0 fully saturated rings. The van der Waals surface area contributed by atoms with Crippen molar-refractivity contribution in [1.29, 1.82) is 0 Å². The second kappa shape index (κ2) is 2.69. The van der Waals surface area contributed by atoms with E-state index in [-0.39, 0.29) is 5.92 Å². The van der Waals surface area contributed by atoms with Gasteiger partial charge in [-0.1, -0.05) is 6.92 Å². The van der Waals surface area contributed by atoms with Gasteiger partial charge < -0.3 is 4.90 Å². The third-order valence-corrected chi connectivity index (χ3v) is 2.56. The minimum atomic E-state index is -0.749. The van der Waals surface area contributed by atoms with E-state index in [1.54, 1.807) is 6.07 Å². The summed E-state index contributed by atoms with van der Waals surface area (Å²) in [6.45, 7) is 2.67. The molecule has 0 bridgehead atoms. The van der Waals surface area contributed by atoms with E-state index in [0.717, 1.165) is 12.2 Å². The van der Waals surface area contributed by atoms with Crippen molar-refractivity contribution in [2.45, 2.75) is 12.8 Å². The fraction of sp³-hybridized carbons (Fsp3) is 0.400. The van der Waals surface area contributed by atoms with E-state index in [2.05, 4.69) is 0 Å². The van der Waals surface area contributed by atoms with Gasteiger partial charge in [0, 0.05) is 30.8 Å². The van der Waals surface area contributed by atoms with Crippen molar-refractivity contribution in [2.24, 2.45) is 0 Å². The molecule has 1 nitrogen and oxygen atoms in total. The quantitative estimate of drug-likeness (QED) is 0.597. The van der Waals surface area contributed by atoms with Crippen molar-refractivity contribution < 1.29 is 8.78 Å². The smallest absolute Gasteiger partial charge is 0.164 e. The lowest BCUT2D eigenvalue weighted by Crippen LogP contribution is -2.13. The van der Waals surface area contributed by atoms with Gasteiger partial charge in [-0.3, -0.25) is 0 Å². The maximum absolute atomic E-state index is 13.3. The molecule has 1 aromatic carbocycles. The fourth-order valence-electron chi connectivity index (χ4n) is 1.96. The zero-order valence-corrected chi connectivity index (χ0v) is 7.64. The highest BCUT2D eigenvalue weighted by atomic mass is 19.2. The second-order valence-corrected chi connectivity index (χ2v) is 3.58. The largest absolute Gasteiger partial charge is 0.374 e. The number of rotatable bonds is 0. The molecule has 1 heterocycles. The first kappa shape index (κ1) is 8.48. The first-order chi connectivity index (χ1) is 6.11. The highest BCUT2D eigenvalue weighted by Crippen LogP contribution is 2.37. The molecular formula is C10H11F2N. The molecule has 1 aliphatic heterocycles. The van der Waals surface area contributed by atoms with Gasteiger partial charge in [0.15, 0.2) is 11.6 Å². The normalized spacial score (nSPS) is 20.6. The van der Waals surface area contributed by atoms with E-state index in [1.807, 2.05) is 18.9 Å². The molecule has 13 heavy (non-hydrogen) atoms. The Kier molecular flexibility index (Phi) is 1.75. The third kappa shape index (κ3) is 1.10. The molecule has 1 atom stereocenters. The molecule has 0 spiro atoms. The molecule has 0 aliphatic carbocycles. The number of hydrogen-bond donors (Lipinski definition) is 0. The van der Waals surface area contributed by atoms with Gasteiger partial charge in [-0.15, -0.1) is 0 Å². The Labute approximate surface area is 76.0 Å². The molecule has 0 aromatic heterocycles. The monoisotopic (exact) mass is 183 g/mol. The van der Waals surface area contributed by atoms with E-state index in [0.29, 0.717) is 5.56 Å². The van der Waals surface area contributed by atoms with Crippen LogP contribution in [0.4, 0.5) is 14.5 Å². The zero-order chi connectivity index (χ0) is 9.59. The predicted octanol–water partition coefficient (Wildman–Crippen LogP) is 2.52. The Morgan fingerprint density at radius 1 is 1.38 bits per heavy atom. The van der Waals surface area contributed by atoms with Crippen LogP contribution in [-0.2, 0) is 0 Å². The second-order valence-electron chi connectivity index (χ2n) is 3.58. The molecule has 0 radical (unpaired) electrons. The van der Waals surface area contributed by atoms with Crippen LogP contribution in [0.2, 0.25) is 0 Å². The lowest BCUT2D eigenvalue weighted by molar-refractivity contribution is 0.497. The van der Waals surface area contributed by atoms with Gasteiger partial charge in [-0.2, -0.15) is 0 Å². The van der Waals surface area contributed by atoms with Gasteiger partial charge >= 0.3 is 0 Å². The standard InChI is InChI=1S/C10H11F2N/c1-6-5-13(2)8-4-3-7(11)10(12)9(6)8/h3-4,6H,5H2,1-2H3. The van der Waals surface area contributed by atoms with Gasteiger partial charge in [0.05, 0.1) is 0 Å². The first-order valence-corrected chi connectivity index (χ1v) is 4.30. The molecule has 1 aliphatic rings. The molecule has 2 rings (SSSR count). The average molecular weight is 183 g/mol. The Morgan fingerprint density at radius 2 is 2.08 bits per heavy atom. The number of nitrogens with zero attached hydrogens (tertiary/aromatic N) is 1. The molecule has 70 valence electrons. The Balaban J connectivity index is 2.64. The van der Waals surface area contributed by atoms with Crippen LogP contribution >= 0.6 is 0 Å². The number of likely N-dealkylation sites (N-methyl/N-ethyl adjacent to an activating group) is 1. The molecule has 0 saturated carbocycles. The van der Waals surface area contributed by atoms with Crippen LogP contribution in [0.1, 0.15) is 18.4 Å². The van der Waals surface area contributed by atoms with Gasteiger partial charge in [-0.05, 0) is 12.1 Å². The van der Waals surface area contributed by atoms with Crippen LogP contribution in [-0.4, -0.2) is 13.6 Å². The minimum absolute atomic E-state index is 0.0794. The van der Waals surface area contributed by atoms with Crippen LogP contribution in [0.15, 0.2) is 12.1 Å². The molecule has 1 unspecified atom stereocenters. The molecular weight excluding hydrogens is 172 g/mol. The van der Waals surface area contributed by atoms with Crippen molar-refractivity contribution in [3.05, 3.63) is 29.3 Å². The maximum Gasteiger partial charge on any atom is 0.164 e. The van der Waals surface area contributed by atoms with E-state index in [1.165, 1.54) is 6.07 Å². The number of halogens is 2. The summed E-state index contributed by atoms with van der Waals surface area (Å²) >= 11 is 0. The summed E-state index contributed by atoms with van der Waals surface area (Å²) in [5.74, 6) is -1.36. The molecule has 0 N–H and O–H groups in total. The molecule has 1 aromatic rings. The van der Waals surface area contributed by atoms with Crippen LogP contribution in [0, 0.1) is 11.6 Å². The zero-order valence-electron chi connectivity index (χ0n) is 7.64. The fourth-order valence-corrected chi connectivity index (χ4v) is 1.96. The summed E-state index contributed by atoms with van der Waals surface area (Å²) in [7, 11) is 1.89. The Hall–Kier alpha value is -1.12. The summed E-state index contributed by atoms with van der Waals surface area (Å²) in [5.41, 5.74) is 1.33. The minimum Gasteiger partial charge on any atom is -0.374 e. The summed E-state index contributed by atoms with van der Waals surface area (Å²) in [6, 6.07) is 2.82. The molecule has 0 amide bonds. The van der Waals surface area contributed by atoms with Crippen molar-refractivity contribution in [1.82, 2.24) is 0 Å². The number of benzene rings is 1. The van der Waals surface area contributed by atoms with Gasteiger partial charge in [0.1, 0.15) is 0 Å². The van der Waals surface area contributed by atoms with E-state index >= 15 is 0 Å². The van der Waals surface area contributed by atoms with Crippen molar-refractivity contribution in [3.63, 3.8) is 0 Å². The highest BCUT2D eigenvalue weighted by Gasteiger charge is 2.27. The van der Waals surface area contributed by atoms with Gasteiger partial charge in [0.25, 0.3) is 0 Å². The number of hydrogen-bond acceptors (Lipinski definition) is 1. The average Bonchev–Trinajstić information content (AvgIpc) is 2.35. The summed E-state index contributed by atoms with van der Waals surface area (Å²) in [6.07, 6.45) is 0. The van der Waals surface area contributed by atoms with Crippen LogP contribution in [0.3, 0.4) is 0 Å². The van der Waals surface area contributed by atoms with Crippen LogP contribution < -0.4 is 4.90 Å². The molecule has 3 heteroatoms. The van der Waals surface area contributed by atoms with Crippen molar-refractivity contribution in [2.75, 3.05) is 18.5 Å². The summed E-state index contributed by atoms with van der Waals surface area (Å²) in [5, 5.41) is 0. The molecule has 0 saturated heterocycles. The first-order valence-electron chi connectivity index (χ1n) is 4.30. The summed E-state index contributed by atoms with van der Waals surface area (Å²) < 4.78 is 26.2. The van der Waals surface area contributed by atoms with Gasteiger partial charge in [-0.25, -0.2) is 8.78 Å². The van der Waals surface area contributed by atoms with E-state index in [4.69, 9.17) is 0 Å². The topological polar surface area (TPSA) is 3.24 Å². The highest BCUT2D eigenvalue weighted by molar-refractivity contribution is 5.60. The van der Waals surface area contributed by atoms with Crippen molar-refractivity contribution in [3.8, 4) is 0 Å². The number of anilines is 1. The maximum atomic E-state index is 13.3. The van der Waals surface area contributed by atoms with Gasteiger partial charge in [0.2, 0.25) is 0 Å². The SMILES string of the molecule is CC1CN(C)c2ccc(F)c(F)c21. The third-order valence-electron chi connectivity index (χ3n) is 2.56. The van der Waals surface area contributed by atoms with E-state index in [9.17, 15) is 8.78 Å². The summed E-state index contributed by atoms with van der Waals surface area (Å²) in [4.78, 5) is 1.95. The van der Waals surface area contributed by atoms with Crippen LogP contribution in [0.25, 0.3) is 0 Å². The van der Waals surface area contributed by atoms with Crippen LogP contribution in [0.5, 0.6) is 0 Å². The predicted molar refractivity (Wildman–Crippen MR) is 48.0 cm³/mol. The lowest BCUT2D eigenvalue weighted by Gasteiger charge is -2.11. The number of fused-ring (bicyclic) bond motifs is 1. The Morgan fingerprint density at radius 3 is 2.77 bits per heavy atom.